The summed E-state index contributed by atoms with van der Waals surface area (Å²) in [6, 6.07) is 9.64. The second-order valence-electron chi connectivity index (χ2n) is 4.88. The molecule has 2 rings (SSSR count). The normalized spacial score (nSPS) is 12.1. The van der Waals surface area contributed by atoms with Gasteiger partial charge in [-0.15, -0.1) is 0 Å². The molecular formula is C15H20N4O2. The maximum atomic E-state index is 12.3. The number of aliphatic hydroxyl groups excluding tert-OH is 1. The highest BCUT2D eigenvalue weighted by molar-refractivity contribution is 5.76. The summed E-state index contributed by atoms with van der Waals surface area (Å²) in [6.45, 7) is 0.0410. The number of hydrogen-bond acceptors (Lipinski definition) is 4. The summed E-state index contributed by atoms with van der Waals surface area (Å²) >= 11 is 0. The fraction of sp³-hybridized carbons (Fsp3) is 0.400. The van der Waals surface area contributed by atoms with Crippen molar-refractivity contribution in [3.8, 4) is 0 Å². The lowest BCUT2D eigenvalue weighted by Gasteiger charge is -2.28. The summed E-state index contributed by atoms with van der Waals surface area (Å²) in [5.41, 5.74) is 1.03. The van der Waals surface area contributed by atoms with E-state index in [2.05, 4.69) is 15.2 Å². The van der Waals surface area contributed by atoms with E-state index in [1.807, 2.05) is 30.3 Å². The van der Waals surface area contributed by atoms with Gasteiger partial charge in [0.2, 0.25) is 5.91 Å². The summed E-state index contributed by atoms with van der Waals surface area (Å²) in [5.74, 6) is 0.726. The van der Waals surface area contributed by atoms with Crippen molar-refractivity contribution >= 4 is 5.91 Å². The molecule has 6 nitrogen and oxygen atoms in total. The van der Waals surface area contributed by atoms with Gasteiger partial charge in [-0.1, -0.05) is 30.3 Å². The number of aryl methyl sites for hydroxylation is 1. The zero-order chi connectivity index (χ0) is 15.1. The third-order valence-electron chi connectivity index (χ3n) is 3.49. The number of nitrogens with zero attached hydrogens (tertiary/aromatic N) is 3. The molecule has 1 amide bonds. The number of nitrogens with one attached hydrogen (secondary N) is 1. The highest BCUT2D eigenvalue weighted by atomic mass is 16.3. The van der Waals surface area contributed by atoms with Crippen LogP contribution in [0, 0.1) is 0 Å². The highest BCUT2D eigenvalue weighted by Crippen LogP contribution is 2.23. The van der Waals surface area contributed by atoms with Crippen molar-refractivity contribution in [1.82, 2.24) is 20.1 Å². The minimum absolute atomic E-state index is 0.0219. The molecule has 2 aromatic rings. The molecule has 0 fully saturated rings. The van der Waals surface area contributed by atoms with E-state index in [0.717, 1.165) is 5.56 Å². The number of benzene rings is 1. The molecule has 112 valence electrons. The monoisotopic (exact) mass is 288 g/mol. The molecule has 0 aliphatic rings. The van der Waals surface area contributed by atoms with Gasteiger partial charge >= 0.3 is 0 Å². The van der Waals surface area contributed by atoms with Crippen molar-refractivity contribution < 1.29 is 9.90 Å². The highest BCUT2D eigenvalue weighted by Gasteiger charge is 2.21. The van der Waals surface area contributed by atoms with Crippen LogP contribution in [0.1, 0.15) is 30.3 Å². The van der Waals surface area contributed by atoms with E-state index in [4.69, 9.17) is 0 Å². The van der Waals surface area contributed by atoms with Crippen LogP contribution in [0.5, 0.6) is 0 Å². The lowest BCUT2D eigenvalue weighted by molar-refractivity contribution is -0.132. The number of amides is 1. The third-order valence-corrected chi connectivity index (χ3v) is 3.49. The molecule has 1 aromatic carbocycles. The first-order valence-corrected chi connectivity index (χ1v) is 6.98. The van der Waals surface area contributed by atoms with Crippen LogP contribution in [0.4, 0.5) is 0 Å². The summed E-state index contributed by atoms with van der Waals surface area (Å²) in [6.07, 6.45) is 2.85. The molecule has 0 aliphatic heterocycles. The van der Waals surface area contributed by atoms with Gasteiger partial charge in [-0.05, 0) is 12.0 Å². The van der Waals surface area contributed by atoms with Gasteiger partial charge in [0, 0.05) is 26.5 Å². The van der Waals surface area contributed by atoms with Gasteiger partial charge in [0.15, 0.2) is 0 Å². The number of aromatic amines is 1. The maximum Gasteiger partial charge on any atom is 0.223 e. The average molecular weight is 288 g/mol. The molecule has 0 saturated carbocycles. The fourth-order valence-electron chi connectivity index (χ4n) is 2.31. The Bertz CT molecular complexity index is 542. The van der Waals surface area contributed by atoms with Crippen LogP contribution in [-0.2, 0) is 11.2 Å². The maximum absolute atomic E-state index is 12.3. The Kier molecular flexibility index (Phi) is 5.45. The second kappa shape index (κ2) is 7.54. The molecular weight excluding hydrogens is 268 g/mol. The number of aromatic nitrogens is 3. The zero-order valence-electron chi connectivity index (χ0n) is 12.1. The largest absolute Gasteiger partial charge is 0.396 e. The molecule has 2 N–H and O–H groups in total. The number of carbonyl (C=O) groups is 1. The summed E-state index contributed by atoms with van der Waals surface area (Å²) in [7, 11) is 1.77. The van der Waals surface area contributed by atoms with Gasteiger partial charge in [0.05, 0.1) is 6.04 Å². The lowest BCUT2D eigenvalue weighted by atomic mass is 10.0. The van der Waals surface area contributed by atoms with Crippen molar-refractivity contribution in [3.05, 3.63) is 48.0 Å². The van der Waals surface area contributed by atoms with Crippen LogP contribution in [0.3, 0.4) is 0 Å². The molecule has 1 heterocycles. The quantitative estimate of drug-likeness (QED) is 0.805. The van der Waals surface area contributed by atoms with E-state index in [0.29, 0.717) is 25.1 Å². The first-order chi connectivity index (χ1) is 10.2. The average Bonchev–Trinajstić information content (AvgIpc) is 3.04. The molecule has 1 aromatic heterocycles. The number of carbonyl (C=O) groups excluding carboxylic acids is 1. The number of aliphatic hydroxyl groups is 1. The molecule has 0 radical (unpaired) electrons. The van der Waals surface area contributed by atoms with Gasteiger partial charge in [0.25, 0.3) is 0 Å². The summed E-state index contributed by atoms with van der Waals surface area (Å²) in [5, 5.41) is 15.8. The minimum atomic E-state index is -0.113. The predicted molar refractivity (Wildman–Crippen MR) is 78.4 cm³/mol. The lowest BCUT2D eigenvalue weighted by Crippen LogP contribution is -2.32. The topological polar surface area (TPSA) is 82.1 Å². The van der Waals surface area contributed by atoms with Crippen molar-refractivity contribution in [2.45, 2.75) is 25.3 Å². The molecule has 0 aliphatic carbocycles. The fourth-order valence-corrected chi connectivity index (χ4v) is 2.31. The third kappa shape index (κ3) is 4.13. The van der Waals surface area contributed by atoms with E-state index in [9.17, 15) is 9.90 Å². The van der Waals surface area contributed by atoms with Crippen molar-refractivity contribution in [2.24, 2.45) is 0 Å². The van der Waals surface area contributed by atoms with E-state index < -0.39 is 0 Å². The number of rotatable bonds is 7. The Morgan fingerprint density at radius 3 is 2.76 bits per heavy atom. The molecule has 0 saturated heterocycles. The van der Waals surface area contributed by atoms with Gasteiger partial charge in [-0.2, -0.15) is 5.10 Å². The second-order valence-corrected chi connectivity index (χ2v) is 4.88. The van der Waals surface area contributed by atoms with Gasteiger partial charge in [-0.3, -0.25) is 9.89 Å². The number of H-pyrrole nitrogens is 1. The van der Waals surface area contributed by atoms with Crippen molar-refractivity contribution in [1.29, 1.82) is 0 Å². The van der Waals surface area contributed by atoms with Crippen LogP contribution in [-0.4, -0.2) is 44.7 Å². The summed E-state index contributed by atoms with van der Waals surface area (Å²) < 4.78 is 0. The smallest absolute Gasteiger partial charge is 0.223 e. The van der Waals surface area contributed by atoms with Gasteiger partial charge in [0.1, 0.15) is 12.2 Å². The van der Waals surface area contributed by atoms with Crippen LogP contribution in [0.15, 0.2) is 36.7 Å². The van der Waals surface area contributed by atoms with Crippen LogP contribution in [0.25, 0.3) is 0 Å². The Labute approximate surface area is 123 Å². The van der Waals surface area contributed by atoms with Crippen LogP contribution in [0.2, 0.25) is 0 Å². The molecule has 21 heavy (non-hydrogen) atoms. The molecule has 1 atom stereocenters. The van der Waals surface area contributed by atoms with E-state index in [-0.39, 0.29) is 18.6 Å². The summed E-state index contributed by atoms with van der Waals surface area (Å²) in [4.78, 5) is 18.0. The van der Waals surface area contributed by atoms with Crippen molar-refractivity contribution in [3.63, 3.8) is 0 Å². The molecule has 0 bridgehead atoms. The first-order valence-electron chi connectivity index (χ1n) is 6.98. The van der Waals surface area contributed by atoms with E-state index in [1.54, 1.807) is 11.9 Å². The minimum Gasteiger partial charge on any atom is -0.396 e. The Hall–Kier alpha value is -2.21. The molecule has 0 spiro atoms. The Balaban J connectivity index is 2.00. The van der Waals surface area contributed by atoms with Crippen LogP contribution >= 0.6 is 0 Å². The first kappa shape index (κ1) is 15.2. The zero-order valence-corrected chi connectivity index (χ0v) is 12.1. The SMILES string of the molecule is CN(C(=O)CCc1ncn[nH]1)C(CCO)c1ccccc1. The number of hydrogen-bond donors (Lipinski definition) is 2. The Morgan fingerprint density at radius 2 is 2.14 bits per heavy atom. The van der Waals surface area contributed by atoms with E-state index >= 15 is 0 Å². The Morgan fingerprint density at radius 1 is 1.38 bits per heavy atom. The van der Waals surface area contributed by atoms with Gasteiger partial charge < -0.3 is 10.0 Å². The molecule has 6 heteroatoms. The molecule has 1 unspecified atom stereocenters. The van der Waals surface area contributed by atoms with Gasteiger partial charge in [-0.25, -0.2) is 4.98 Å². The predicted octanol–water partition coefficient (Wildman–Crippen LogP) is 1.32. The van der Waals surface area contributed by atoms with Crippen molar-refractivity contribution in [2.75, 3.05) is 13.7 Å². The van der Waals surface area contributed by atoms with E-state index in [1.165, 1.54) is 6.33 Å². The standard InChI is InChI=1S/C15H20N4O2/c1-19(15(21)8-7-14-16-11-17-18-14)13(9-10-20)12-5-3-2-4-6-12/h2-6,11,13,20H,7-10H2,1H3,(H,16,17,18). The van der Waals surface area contributed by atoms with Crippen LogP contribution < -0.4 is 0 Å².